The number of aryl methyl sites for hydroxylation is 2. The number of amidine groups is 1. The Balaban J connectivity index is 1.26. The summed E-state index contributed by atoms with van der Waals surface area (Å²) < 4.78 is 15.2. The Bertz CT molecular complexity index is 1120. The summed E-state index contributed by atoms with van der Waals surface area (Å²) in [7, 11) is 1.81. The average Bonchev–Trinajstić information content (AvgIpc) is 3.56. The number of rotatable bonds is 4. The van der Waals surface area contributed by atoms with Gasteiger partial charge < -0.3 is 10.2 Å². The molecule has 1 unspecified atom stereocenters. The van der Waals surface area contributed by atoms with Gasteiger partial charge in [-0.05, 0) is 78.5 Å². The van der Waals surface area contributed by atoms with Crippen LogP contribution in [-0.2, 0) is 32.2 Å². The molecule has 32 heavy (non-hydrogen) atoms. The molecule has 0 radical (unpaired) electrons. The molecule has 2 heterocycles. The molecule has 2 aliphatic carbocycles. The Morgan fingerprint density at radius 2 is 1.84 bits per heavy atom. The Hall–Kier alpha value is -2.23. The van der Waals surface area contributed by atoms with Gasteiger partial charge in [-0.1, -0.05) is 28.3 Å². The summed E-state index contributed by atoms with van der Waals surface area (Å²) in [5.41, 5.74) is 11.6. The smallest absolute Gasteiger partial charge is 0.254 e. The molecule has 9 heteroatoms. The van der Waals surface area contributed by atoms with Gasteiger partial charge in [0, 0.05) is 29.7 Å². The molecular formula is C23H24FN5OS2. The van der Waals surface area contributed by atoms with Crippen LogP contribution in [0.15, 0.2) is 34.2 Å². The molecule has 0 bridgehead atoms. The summed E-state index contributed by atoms with van der Waals surface area (Å²) in [5.74, 6) is 0.0380. The fourth-order valence-corrected chi connectivity index (χ4v) is 6.45. The monoisotopic (exact) mass is 469 g/mol. The zero-order valence-electron chi connectivity index (χ0n) is 17.8. The highest BCUT2D eigenvalue weighted by Crippen LogP contribution is 2.40. The lowest BCUT2D eigenvalue weighted by Gasteiger charge is -2.23. The number of carbonyl (C=O) groups excluding carboxylic acids is 1. The number of hydrogen-bond donors (Lipinski definition) is 2. The van der Waals surface area contributed by atoms with Gasteiger partial charge in [0.1, 0.15) is 0 Å². The first kappa shape index (κ1) is 20.4. The molecule has 0 saturated heterocycles. The minimum absolute atomic E-state index is 0.0380. The lowest BCUT2D eigenvalue weighted by atomic mass is 9.99. The maximum absolute atomic E-state index is 13.8. The van der Waals surface area contributed by atoms with Crippen molar-refractivity contribution in [3.8, 4) is 0 Å². The molecule has 0 spiro atoms. The third-order valence-electron chi connectivity index (χ3n) is 6.77. The molecule has 6 rings (SSSR count). The zero-order valence-corrected chi connectivity index (χ0v) is 19.4. The number of nitrogens with zero attached hydrogens (tertiary/aromatic N) is 3. The van der Waals surface area contributed by atoms with Crippen LogP contribution in [0.4, 0.5) is 9.57 Å². The summed E-state index contributed by atoms with van der Waals surface area (Å²) in [5, 5.41) is 4.16. The average molecular weight is 470 g/mol. The lowest BCUT2D eigenvalue weighted by Crippen LogP contribution is -2.38. The van der Waals surface area contributed by atoms with E-state index in [4.69, 9.17) is 4.99 Å². The number of aliphatic imine (C=N–C) groups is 1. The van der Waals surface area contributed by atoms with Crippen LogP contribution >= 0.6 is 24.1 Å². The van der Waals surface area contributed by atoms with E-state index in [1.807, 2.05) is 25.2 Å². The van der Waals surface area contributed by atoms with E-state index < -0.39 is 6.29 Å². The third-order valence-corrected chi connectivity index (χ3v) is 8.09. The molecule has 0 saturated carbocycles. The van der Waals surface area contributed by atoms with Crippen molar-refractivity contribution < 1.29 is 8.68 Å². The van der Waals surface area contributed by atoms with E-state index in [1.165, 1.54) is 57.0 Å². The molecule has 6 nitrogen and oxygen atoms in total. The second-order valence-corrected chi connectivity index (χ2v) is 10.4. The predicted molar refractivity (Wildman–Crippen MR) is 127 cm³/mol. The first-order valence-electron chi connectivity index (χ1n) is 11.0. The minimum Gasteiger partial charge on any atom is -0.349 e. The van der Waals surface area contributed by atoms with E-state index in [-0.39, 0.29) is 18.2 Å². The fourth-order valence-electron chi connectivity index (χ4n) is 5.26. The van der Waals surface area contributed by atoms with Crippen molar-refractivity contribution in [2.24, 2.45) is 4.99 Å². The van der Waals surface area contributed by atoms with E-state index in [9.17, 15) is 8.68 Å². The van der Waals surface area contributed by atoms with Gasteiger partial charge in [0.15, 0.2) is 17.5 Å². The van der Waals surface area contributed by atoms with Gasteiger partial charge in [-0.2, -0.15) is 0 Å². The highest BCUT2D eigenvalue weighted by molar-refractivity contribution is 8.14. The van der Waals surface area contributed by atoms with Crippen LogP contribution in [0.25, 0.3) is 0 Å². The standard InChI is InChI=1S/C23H24FN5OS2/c1-28-12-15-8-9-16(11-19(15)21(28)30)31-23-26-22(29(27-23)32-24)25-20-17-6-2-4-13(17)10-14-5-3-7-18(14)20/h8-11,22,25H,2-7,12H2,1H3,(H,26,27). The maximum atomic E-state index is 13.8. The van der Waals surface area contributed by atoms with Crippen LogP contribution in [0.2, 0.25) is 0 Å². The highest BCUT2D eigenvalue weighted by atomic mass is 32.2. The van der Waals surface area contributed by atoms with Crippen LogP contribution < -0.4 is 10.7 Å². The summed E-state index contributed by atoms with van der Waals surface area (Å²) in [6.45, 7) is 0.641. The molecule has 2 aliphatic heterocycles. The van der Waals surface area contributed by atoms with Crippen molar-refractivity contribution in [3.63, 3.8) is 0 Å². The van der Waals surface area contributed by atoms with Crippen LogP contribution in [0.3, 0.4) is 0 Å². The number of nitrogens with one attached hydrogen (secondary N) is 2. The predicted octanol–water partition coefficient (Wildman–Crippen LogP) is 4.45. The Kier molecular flexibility index (Phi) is 5.07. The van der Waals surface area contributed by atoms with Gasteiger partial charge >= 0.3 is 0 Å². The Morgan fingerprint density at radius 3 is 2.56 bits per heavy atom. The highest BCUT2D eigenvalue weighted by Gasteiger charge is 2.32. The van der Waals surface area contributed by atoms with Crippen molar-refractivity contribution >= 4 is 40.9 Å². The molecule has 2 aromatic carbocycles. The minimum atomic E-state index is -0.536. The first-order valence-corrected chi connectivity index (χ1v) is 12.5. The van der Waals surface area contributed by atoms with E-state index in [2.05, 4.69) is 16.8 Å². The van der Waals surface area contributed by atoms with Gasteiger partial charge in [-0.15, -0.1) is 3.89 Å². The van der Waals surface area contributed by atoms with Crippen LogP contribution in [0.5, 0.6) is 0 Å². The molecule has 1 amide bonds. The van der Waals surface area contributed by atoms with Crippen LogP contribution in [0.1, 0.15) is 51.0 Å². The second kappa shape index (κ2) is 7.97. The molecule has 4 aliphatic rings. The summed E-state index contributed by atoms with van der Waals surface area (Å²) in [6.07, 6.45) is 6.19. The van der Waals surface area contributed by atoms with Crippen molar-refractivity contribution in [1.82, 2.24) is 14.7 Å². The van der Waals surface area contributed by atoms with E-state index in [0.717, 1.165) is 41.7 Å². The molecule has 0 fully saturated rings. The van der Waals surface area contributed by atoms with Gasteiger partial charge in [0.05, 0.1) is 0 Å². The summed E-state index contributed by atoms with van der Waals surface area (Å²) >= 11 is 1.54. The maximum Gasteiger partial charge on any atom is 0.254 e. The van der Waals surface area contributed by atoms with Gasteiger partial charge in [-0.25, -0.2) is 4.99 Å². The number of benzene rings is 2. The Labute approximate surface area is 195 Å². The first-order chi connectivity index (χ1) is 15.6. The molecule has 1 atom stereocenters. The molecule has 0 aromatic heterocycles. The number of fused-ring (bicyclic) bond motifs is 3. The molecule has 2 aromatic rings. The lowest BCUT2D eigenvalue weighted by molar-refractivity contribution is 0.0816. The molecule has 2 N–H and O–H groups in total. The zero-order chi connectivity index (χ0) is 21.8. The summed E-state index contributed by atoms with van der Waals surface area (Å²) in [6, 6.07) is 8.27. The van der Waals surface area contributed by atoms with E-state index in [0.29, 0.717) is 11.7 Å². The number of hydrogen-bond acceptors (Lipinski definition) is 7. The van der Waals surface area contributed by atoms with Crippen molar-refractivity contribution in [2.45, 2.75) is 56.3 Å². The van der Waals surface area contributed by atoms with Crippen molar-refractivity contribution in [1.29, 1.82) is 0 Å². The van der Waals surface area contributed by atoms with Crippen molar-refractivity contribution in [2.75, 3.05) is 12.4 Å². The quantitative estimate of drug-likeness (QED) is 0.646. The van der Waals surface area contributed by atoms with Gasteiger partial charge in [0.2, 0.25) is 6.29 Å². The number of amides is 1. The number of thioether (sulfide) groups is 1. The SMILES string of the molecule is CN1Cc2ccc(SC3=NC(Nc4c5c(cc6c4CCC6)CCC5)N(SF)N3)cc2C1=O. The number of anilines is 1. The number of hydrazine groups is 1. The second-order valence-electron chi connectivity index (χ2n) is 8.78. The topological polar surface area (TPSA) is 60.0 Å². The number of carbonyl (C=O) groups is 1. The largest absolute Gasteiger partial charge is 0.349 e. The summed E-state index contributed by atoms with van der Waals surface area (Å²) in [4.78, 5) is 19.7. The van der Waals surface area contributed by atoms with E-state index in [1.54, 1.807) is 4.90 Å². The number of halogens is 1. The third kappa shape index (κ3) is 3.38. The van der Waals surface area contributed by atoms with Crippen LogP contribution in [-0.4, -0.2) is 33.7 Å². The normalized spacial score (nSPS) is 21.4. The Morgan fingerprint density at radius 1 is 1.09 bits per heavy atom. The molecular weight excluding hydrogens is 445 g/mol. The van der Waals surface area contributed by atoms with Gasteiger partial charge in [-0.3, -0.25) is 10.2 Å². The van der Waals surface area contributed by atoms with Crippen LogP contribution in [0, 0.1) is 0 Å². The molecule has 166 valence electrons. The fraction of sp³-hybridized carbons (Fsp3) is 0.391. The van der Waals surface area contributed by atoms with Crippen molar-refractivity contribution in [3.05, 3.63) is 57.6 Å². The van der Waals surface area contributed by atoms with E-state index >= 15 is 0 Å². The van der Waals surface area contributed by atoms with Gasteiger partial charge in [0.25, 0.3) is 5.91 Å².